The zero-order valence-electron chi connectivity index (χ0n) is 6.66. The summed E-state index contributed by atoms with van der Waals surface area (Å²) in [4.78, 5) is 0. The molecule has 58 valence electrons. The molecule has 1 spiro atoms. The van der Waals surface area contributed by atoms with Gasteiger partial charge in [-0.1, -0.05) is 12.8 Å². The molecule has 1 heteroatoms. The first-order valence-electron chi connectivity index (χ1n) is 4.62. The van der Waals surface area contributed by atoms with Crippen LogP contribution in [-0.4, -0.2) is 13.1 Å². The van der Waals surface area contributed by atoms with E-state index in [2.05, 4.69) is 5.32 Å². The van der Waals surface area contributed by atoms with Gasteiger partial charge in [0.25, 0.3) is 0 Å². The van der Waals surface area contributed by atoms with Crippen LogP contribution < -0.4 is 5.32 Å². The summed E-state index contributed by atoms with van der Waals surface area (Å²) in [5.74, 6) is 0. The van der Waals surface area contributed by atoms with E-state index in [1.165, 1.54) is 51.6 Å². The van der Waals surface area contributed by atoms with E-state index in [0.717, 1.165) is 5.41 Å². The maximum atomic E-state index is 3.54. The van der Waals surface area contributed by atoms with Crippen molar-refractivity contribution in [2.24, 2.45) is 5.41 Å². The molecule has 0 bridgehead atoms. The fourth-order valence-electron chi connectivity index (χ4n) is 1.97. The van der Waals surface area contributed by atoms with Crippen LogP contribution in [0.5, 0.6) is 0 Å². The number of rotatable bonds is 0. The molecule has 0 aromatic heterocycles. The van der Waals surface area contributed by atoms with Crippen LogP contribution in [0.3, 0.4) is 0 Å². The topological polar surface area (TPSA) is 12.0 Å². The Bertz CT molecular complexity index is 106. The van der Waals surface area contributed by atoms with Gasteiger partial charge >= 0.3 is 0 Å². The van der Waals surface area contributed by atoms with E-state index in [1.54, 1.807) is 0 Å². The van der Waals surface area contributed by atoms with E-state index in [4.69, 9.17) is 0 Å². The molecule has 0 unspecified atom stereocenters. The van der Waals surface area contributed by atoms with E-state index < -0.39 is 0 Å². The molecule has 2 aliphatic rings. The van der Waals surface area contributed by atoms with E-state index in [9.17, 15) is 0 Å². The van der Waals surface area contributed by atoms with E-state index in [0.29, 0.717) is 0 Å². The molecule has 0 aromatic carbocycles. The van der Waals surface area contributed by atoms with Crippen molar-refractivity contribution in [3.8, 4) is 0 Å². The fourth-order valence-corrected chi connectivity index (χ4v) is 1.97. The standard InChI is InChI=1S/C9H17N/c1-2-4-9(5-6-9)8-10-7-3-1/h10H,1-8H2. The summed E-state index contributed by atoms with van der Waals surface area (Å²) >= 11 is 0. The predicted octanol–water partition coefficient (Wildman–Crippen LogP) is 1.93. The van der Waals surface area contributed by atoms with Crippen molar-refractivity contribution in [3.05, 3.63) is 0 Å². The lowest BCUT2D eigenvalue weighted by Gasteiger charge is -2.18. The van der Waals surface area contributed by atoms with E-state index in [-0.39, 0.29) is 0 Å². The first-order chi connectivity index (χ1) is 4.91. The molecule has 1 N–H and O–H groups in total. The summed E-state index contributed by atoms with van der Waals surface area (Å²) in [7, 11) is 0. The van der Waals surface area contributed by atoms with Gasteiger partial charge in [0, 0.05) is 6.54 Å². The third-order valence-corrected chi connectivity index (χ3v) is 3.02. The Balaban J connectivity index is 1.84. The Morgan fingerprint density at radius 1 is 0.900 bits per heavy atom. The maximum absolute atomic E-state index is 3.54. The number of nitrogens with one attached hydrogen (secondary N) is 1. The van der Waals surface area contributed by atoms with Gasteiger partial charge in [0.1, 0.15) is 0 Å². The molecular weight excluding hydrogens is 122 g/mol. The molecule has 1 saturated carbocycles. The molecule has 2 fully saturated rings. The average Bonchev–Trinajstić information content (AvgIpc) is 2.61. The lowest BCUT2D eigenvalue weighted by atomic mass is 9.96. The molecule has 0 radical (unpaired) electrons. The highest BCUT2D eigenvalue weighted by Crippen LogP contribution is 2.49. The van der Waals surface area contributed by atoms with Crippen LogP contribution in [0.2, 0.25) is 0 Å². The highest BCUT2D eigenvalue weighted by atomic mass is 14.9. The molecule has 1 heterocycles. The number of hydrogen-bond acceptors (Lipinski definition) is 1. The summed E-state index contributed by atoms with van der Waals surface area (Å²) < 4.78 is 0. The van der Waals surface area contributed by atoms with E-state index >= 15 is 0 Å². The monoisotopic (exact) mass is 139 g/mol. The molecule has 1 aliphatic heterocycles. The zero-order chi connectivity index (χ0) is 6.86. The largest absolute Gasteiger partial charge is 0.316 e. The maximum Gasteiger partial charge on any atom is 0.000781 e. The second-order valence-corrected chi connectivity index (χ2v) is 3.99. The van der Waals surface area contributed by atoms with Gasteiger partial charge < -0.3 is 5.32 Å². The summed E-state index contributed by atoms with van der Waals surface area (Å²) in [5.41, 5.74) is 0.792. The van der Waals surface area contributed by atoms with Gasteiger partial charge in [-0.25, -0.2) is 0 Å². The van der Waals surface area contributed by atoms with Gasteiger partial charge in [0.15, 0.2) is 0 Å². The van der Waals surface area contributed by atoms with Crippen molar-refractivity contribution in [1.82, 2.24) is 5.32 Å². The summed E-state index contributed by atoms with van der Waals surface area (Å²) in [6.07, 6.45) is 8.84. The van der Waals surface area contributed by atoms with Crippen molar-refractivity contribution in [2.45, 2.75) is 38.5 Å². The molecule has 10 heavy (non-hydrogen) atoms. The Morgan fingerprint density at radius 3 is 2.60 bits per heavy atom. The molecule has 0 amide bonds. The van der Waals surface area contributed by atoms with Crippen molar-refractivity contribution in [1.29, 1.82) is 0 Å². The van der Waals surface area contributed by atoms with Crippen LogP contribution in [-0.2, 0) is 0 Å². The van der Waals surface area contributed by atoms with Gasteiger partial charge in [-0.15, -0.1) is 0 Å². The van der Waals surface area contributed by atoms with Crippen LogP contribution in [0.15, 0.2) is 0 Å². The van der Waals surface area contributed by atoms with Gasteiger partial charge in [-0.2, -0.15) is 0 Å². The second kappa shape index (κ2) is 2.54. The molecular formula is C9H17N. The van der Waals surface area contributed by atoms with Crippen LogP contribution in [0, 0.1) is 5.41 Å². The summed E-state index contributed by atoms with van der Waals surface area (Å²) in [6.45, 7) is 2.58. The third-order valence-electron chi connectivity index (χ3n) is 3.02. The molecule has 1 saturated heterocycles. The minimum atomic E-state index is 0.792. The zero-order valence-corrected chi connectivity index (χ0v) is 6.66. The van der Waals surface area contributed by atoms with Crippen LogP contribution in [0.1, 0.15) is 38.5 Å². The third kappa shape index (κ3) is 1.34. The van der Waals surface area contributed by atoms with Crippen LogP contribution >= 0.6 is 0 Å². The van der Waals surface area contributed by atoms with Gasteiger partial charge in [0.05, 0.1) is 0 Å². The Morgan fingerprint density at radius 2 is 1.80 bits per heavy atom. The molecule has 2 rings (SSSR count). The Kier molecular flexibility index (Phi) is 1.69. The fraction of sp³-hybridized carbons (Fsp3) is 1.00. The smallest absolute Gasteiger partial charge is 0.000781 e. The Labute approximate surface area is 63.2 Å². The summed E-state index contributed by atoms with van der Waals surface area (Å²) in [5, 5.41) is 3.54. The normalized spacial score (nSPS) is 31.2. The second-order valence-electron chi connectivity index (χ2n) is 3.99. The first-order valence-corrected chi connectivity index (χ1v) is 4.62. The lowest BCUT2D eigenvalue weighted by Crippen LogP contribution is -2.26. The van der Waals surface area contributed by atoms with Gasteiger partial charge in [-0.05, 0) is 37.6 Å². The predicted molar refractivity (Wildman–Crippen MR) is 43.0 cm³/mol. The first kappa shape index (κ1) is 6.66. The highest BCUT2D eigenvalue weighted by Gasteiger charge is 2.41. The Hall–Kier alpha value is -0.0400. The minimum absolute atomic E-state index is 0.792. The van der Waals surface area contributed by atoms with Crippen molar-refractivity contribution >= 4 is 0 Å². The molecule has 1 aliphatic carbocycles. The quantitative estimate of drug-likeness (QED) is 0.540. The highest BCUT2D eigenvalue weighted by molar-refractivity contribution is 4.95. The van der Waals surface area contributed by atoms with Crippen LogP contribution in [0.25, 0.3) is 0 Å². The van der Waals surface area contributed by atoms with Crippen LogP contribution in [0.4, 0.5) is 0 Å². The average molecular weight is 139 g/mol. The van der Waals surface area contributed by atoms with E-state index in [1.807, 2.05) is 0 Å². The minimum Gasteiger partial charge on any atom is -0.316 e. The summed E-state index contributed by atoms with van der Waals surface area (Å²) in [6, 6.07) is 0. The SMILES string of the molecule is C1CCNCC2(CC1)CC2. The van der Waals surface area contributed by atoms with Gasteiger partial charge in [0.2, 0.25) is 0 Å². The number of hydrogen-bond donors (Lipinski definition) is 1. The molecule has 1 nitrogen and oxygen atoms in total. The van der Waals surface area contributed by atoms with Crippen molar-refractivity contribution in [3.63, 3.8) is 0 Å². The van der Waals surface area contributed by atoms with Crippen molar-refractivity contribution in [2.75, 3.05) is 13.1 Å². The van der Waals surface area contributed by atoms with Gasteiger partial charge in [-0.3, -0.25) is 0 Å². The van der Waals surface area contributed by atoms with Crippen molar-refractivity contribution < 1.29 is 0 Å². The molecule has 0 aromatic rings. The lowest BCUT2D eigenvalue weighted by molar-refractivity contribution is 0.376. The molecule has 0 atom stereocenters.